The molecule has 6 heteroatoms. The van der Waals surface area contributed by atoms with Crippen LogP contribution in [0.1, 0.15) is 18.2 Å². The lowest BCUT2D eigenvalue weighted by Gasteiger charge is -2.15. The summed E-state index contributed by atoms with van der Waals surface area (Å²) in [5.41, 5.74) is 1.88. The highest BCUT2D eigenvalue weighted by Gasteiger charge is 2.17. The molecular formula is C15H16N2O4. The van der Waals surface area contributed by atoms with Gasteiger partial charge in [0, 0.05) is 12.0 Å². The Kier molecular flexibility index (Phi) is 3.62. The first-order valence-electron chi connectivity index (χ1n) is 6.85. The van der Waals surface area contributed by atoms with Gasteiger partial charge in [0.15, 0.2) is 11.5 Å². The average Bonchev–Trinajstić information content (AvgIpc) is 2.50. The minimum Gasteiger partial charge on any atom is -0.504 e. The zero-order chi connectivity index (χ0) is 14.8. The summed E-state index contributed by atoms with van der Waals surface area (Å²) in [6, 6.07) is 4.90. The van der Waals surface area contributed by atoms with Gasteiger partial charge in [0.05, 0.1) is 31.1 Å². The maximum atomic E-state index is 12.1. The van der Waals surface area contributed by atoms with E-state index in [0.717, 1.165) is 5.69 Å². The second-order valence-corrected chi connectivity index (χ2v) is 4.76. The van der Waals surface area contributed by atoms with E-state index >= 15 is 0 Å². The summed E-state index contributed by atoms with van der Waals surface area (Å²) < 4.78 is 10.6. The molecule has 0 saturated carbocycles. The highest BCUT2D eigenvalue weighted by atomic mass is 16.5. The molecule has 0 aliphatic carbocycles. The Balaban J connectivity index is 2.06. The van der Waals surface area contributed by atoms with Gasteiger partial charge in [0.1, 0.15) is 5.82 Å². The van der Waals surface area contributed by atoms with Gasteiger partial charge in [0.25, 0.3) is 5.56 Å². The van der Waals surface area contributed by atoms with Crippen molar-refractivity contribution < 1.29 is 14.6 Å². The quantitative estimate of drug-likeness (QED) is 0.896. The van der Waals surface area contributed by atoms with Crippen LogP contribution in [0.2, 0.25) is 0 Å². The second-order valence-electron chi connectivity index (χ2n) is 4.76. The lowest BCUT2D eigenvalue weighted by Crippen LogP contribution is -2.24. The first-order chi connectivity index (χ1) is 10.2. The number of rotatable bonds is 3. The van der Waals surface area contributed by atoms with Gasteiger partial charge in [-0.15, -0.1) is 0 Å². The Labute approximate surface area is 121 Å². The molecule has 2 heterocycles. The Morgan fingerprint density at radius 2 is 2.33 bits per heavy atom. The number of phenolic OH excluding ortho intramolecular Hbond substituents is 1. The number of phenols is 1. The van der Waals surface area contributed by atoms with Crippen LogP contribution in [0.5, 0.6) is 11.5 Å². The van der Waals surface area contributed by atoms with Crippen LogP contribution in [-0.4, -0.2) is 28.3 Å². The van der Waals surface area contributed by atoms with Crippen LogP contribution in [0.3, 0.4) is 0 Å². The lowest BCUT2D eigenvalue weighted by molar-refractivity contribution is 0.108. The molecule has 1 aromatic carbocycles. The number of aromatic hydroxyl groups is 1. The molecule has 0 spiro atoms. The van der Waals surface area contributed by atoms with Crippen molar-refractivity contribution in [2.75, 3.05) is 13.2 Å². The maximum Gasteiger partial charge on any atom is 0.256 e. The zero-order valence-corrected chi connectivity index (χ0v) is 11.7. The first-order valence-corrected chi connectivity index (χ1v) is 6.85. The van der Waals surface area contributed by atoms with Crippen LogP contribution in [-0.2, 0) is 17.8 Å². The predicted molar refractivity (Wildman–Crippen MR) is 76.5 cm³/mol. The molecule has 110 valence electrons. The summed E-state index contributed by atoms with van der Waals surface area (Å²) in [6.45, 7) is 3.16. The van der Waals surface area contributed by atoms with Crippen molar-refractivity contribution >= 4 is 0 Å². The molecule has 21 heavy (non-hydrogen) atoms. The molecule has 2 N–H and O–H groups in total. The molecule has 0 fully saturated rings. The number of aromatic amines is 1. The average molecular weight is 288 g/mol. The molecule has 3 rings (SSSR count). The van der Waals surface area contributed by atoms with E-state index in [1.54, 1.807) is 12.1 Å². The number of benzene rings is 1. The smallest absolute Gasteiger partial charge is 0.256 e. The largest absolute Gasteiger partial charge is 0.504 e. The Bertz CT molecular complexity index is 724. The summed E-state index contributed by atoms with van der Waals surface area (Å²) in [7, 11) is 0. The normalized spacial score (nSPS) is 13.8. The Hall–Kier alpha value is -2.34. The van der Waals surface area contributed by atoms with Gasteiger partial charge < -0.3 is 19.6 Å². The number of aromatic nitrogens is 2. The summed E-state index contributed by atoms with van der Waals surface area (Å²) in [6.07, 6.45) is 0.628. The number of nitrogens with zero attached hydrogens (tertiary/aromatic N) is 1. The van der Waals surface area contributed by atoms with Gasteiger partial charge in [-0.2, -0.15) is 0 Å². The second kappa shape index (κ2) is 5.57. The van der Waals surface area contributed by atoms with Crippen LogP contribution < -0.4 is 10.3 Å². The fraction of sp³-hybridized carbons (Fsp3) is 0.333. The van der Waals surface area contributed by atoms with E-state index in [4.69, 9.17) is 9.47 Å². The molecule has 0 unspecified atom stereocenters. The van der Waals surface area contributed by atoms with E-state index in [-0.39, 0.29) is 11.3 Å². The van der Waals surface area contributed by atoms with E-state index in [2.05, 4.69) is 9.97 Å². The van der Waals surface area contributed by atoms with Crippen molar-refractivity contribution in [3.8, 4) is 22.9 Å². The van der Waals surface area contributed by atoms with E-state index in [1.807, 2.05) is 6.92 Å². The van der Waals surface area contributed by atoms with E-state index in [0.29, 0.717) is 48.9 Å². The third-order valence-corrected chi connectivity index (χ3v) is 3.36. The number of hydrogen-bond donors (Lipinski definition) is 2. The molecule has 0 bridgehead atoms. The van der Waals surface area contributed by atoms with Gasteiger partial charge in [-0.25, -0.2) is 4.98 Å². The first kappa shape index (κ1) is 13.6. The van der Waals surface area contributed by atoms with Crippen molar-refractivity contribution in [2.24, 2.45) is 0 Å². The minimum atomic E-state index is -0.180. The third-order valence-electron chi connectivity index (χ3n) is 3.36. The molecule has 1 aliphatic heterocycles. The van der Waals surface area contributed by atoms with Crippen LogP contribution in [0.25, 0.3) is 11.4 Å². The number of H-pyrrole nitrogens is 1. The van der Waals surface area contributed by atoms with Gasteiger partial charge in [-0.3, -0.25) is 4.79 Å². The Morgan fingerprint density at radius 3 is 3.14 bits per heavy atom. The fourth-order valence-electron chi connectivity index (χ4n) is 2.31. The van der Waals surface area contributed by atoms with Gasteiger partial charge in [0.2, 0.25) is 0 Å². The number of fused-ring (bicyclic) bond motifs is 1. The van der Waals surface area contributed by atoms with Crippen molar-refractivity contribution in [3.05, 3.63) is 39.8 Å². The van der Waals surface area contributed by atoms with E-state index in [1.165, 1.54) is 6.07 Å². The van der Waals surface area contributed by atoms with Crippen molar-refractivity contribution in [1.29, 1.82) is 0 Å². The monoisotopic (exact) mass is 288 g/mol. The van der Waals surface area contributed by atoms with Crippen molar-refractivity contribution in [3.63, 3.8) is 0 Å². The van der Waals surface area contributed by atoms with Crippen LogP contribution in [0, 0.1) is 0 Å². The van der Waals surface area contributed by atoms with E-state index in [9.17, 15) is 9.90 Å². The number of ether oxygens (including phenoxy) is 2. The van der Waals surface area contributed by atoms with E-state index < -0.39 is 0 Å². The van der Waals surface area contributed by atoms with Crippen LogP contribution in [0.4, 0.5) is 0 Å². The molecule has 1 aromatic heterocycles. The Morgan fingerprint density at radius 1 is 1.48 bits per heavy atom. The zero-order valence-electron chi connectivity index (χ0n) is 11.7. The molecule has 0 amide bonds. The summed E-state index contributed by atoms with van der Waals surface area (Å²) in [4.78, 5) is 19.3. The molecular weight excluding hydrogens is 272 g/mol. The van der Waals surface area contributed by atoms with Gasteiger partial charge in [-0.05, 0) is 25.1 Å². The van der Waals surface area contributed by atoms with Gasteiger partial charge in [-0.1, -0.05) is 0 Å². The third kappa shape index (κ3) is 2.62. The topological polar surface area (TPSA) is 84.4 Å². The minimum absolute atomic E-state index is 0.0642. The molecule has 0 atom stereocenters. The van der Waals surface area contributed by atoms with Gasteiger partial charge >= 0.3 is 0 Å². The summed E-state index contributed by atoms with van der Waals surface area (Å²) in [5.74, 6) is 0.912. The predicted octanol–water partition coefficient (Wildman–Crippen LogP) is 1.61. The lowest BCUT2D eigenvalue weighted by atomic mass is 10.1. The standard InChI is InChI=1S/C15H16N2O4/c1-2-21-13-7-9(3-4-12(13)18)14-16-11-5-6-20-8-10(11)15(19)17-14/h3-4,7,18H,2,5-6,8H2,1H3,(H,16,17,19). The highest BCUT2D eigenvalue weighted by molar-refractivity contribution is 5.61. The van der Waals surface area contributed by atoms with Crippen molar-refractivity contribution in [2.45, 2.75) is 20.0 Å². The van der Waals surface area contributed by atoms with Crippen LogP contribution in [0.15, 0.2) is 23.0 Å². The molecule has 6 nitrogen and oxygen atoms in total. The van der Waals surface area contributed by atoms with Crippen LogP contribution >= 0.6 is 0 Å². The number of hydrogen-bond acceptors (Lipinski definition) is 5. The van der Waals surface area contributed by atoms with Crippen molar-refractivity contribution in [1.82, 2.24) is 9.97 Å². The molecule has 0 saturated heterocycles. The number of nitrogens with one attached hydrogen (secondary N) is 1. The summed E-state index contributed by atoms with van der Waals surface area (Å²) in [5, 5.41) is 9.73. The fourth-order valence-corrected chi connectivity index (χ4v) is 2.31. The SMILES string of the molecule is CCOc1cc(-c2nc3c(c(=O)[nH]2)COCC3)ccc1O. The maximum absolute atomic E-state index is 12.1. The highest BCUT2D eigenvalue weighted by Crippen LogP contribution is 2.30. The summed E-state index contributed by atoms with van der Waals surface area (Å²) >= 11 is 0. The molecule has 0 radical (unpaired) electrons. The molecule has 2 aromatic rings. The molecule has 1 aliphatic rings.